The van der Waals surface area contributed by atoms with Gasteiger partial charge in [-0.3, -0.25) is 4.99 Å². The van der Waals surface area contributed by atoms with Crippen LogP contribution in [0.2, 0.25) is 0 Å². The van der Waals surface area contributed by atoms with Gasteiger partial charge in [-0.25, -0.2) is 13.6 Å². The SMILES string of the molecule is CCOC(=O)C1CN(c2c(F)cc(Br)cc2F)C(CC)=N1. The quantitative estimate of drug-likeness (QED) is 0.773. The highest BCUT2D eigenvalue weighted by Crippen LogP contribution is 2.30. The number of ether oxygens (including phenoxy) is 1. The summed E-state index contributed by atoms with van der Waals surface area (Å²) in [5.74, 6) is -1.42. The van der Waals surface area contributed by atoms with Gasteiger partial charge in [-0.15, -0.1) is 0 Å². The number of carbonyl (C=O) groups is 1. The van der Waals surface area contributed by atoms with Crippen molar-refractivity contribution >= 4 is 33.4 Å². The smallest absolute Gasteiger partial charge is 0.332 e. The summed E-state index contributed by atoms with van der Waals surface area (Å²) in [5.41, 5.74) is -0.189. The summed E-state index contributed by atoms with van der Waals surface area (Å²) in [6.07, 6.45) is 0.463. The van der Waals surface area contributed by atoms with Gasteiger partial charge < -0.3 is 9.64 Å². The van der Waals surface area contributed by atoms with Crippen molar-refractivity contribution in [3.05, 3.63) is 28.2 Å². The van der Waals surface area contributed by atoms with Gasteiger partial charge >= 0.3 is 5.97 Å². The Morgan fingerprint density at radius 2 is 2.05 bits per heavy atom. The Kier molecular flexibility index (Phi) is 4.92. The fraction of sp³-hybridized carbons (Fsp3) is 0.429. The third-order valence-corrected chi connectivity index (χ3v) is 3.56. The van der Waals surface area contributed by atoms with Crippen LogP contribution in [0.15, 0.2) is 21.6 Å². The number of rotatable bonds is 4. The lowest BCUT2D eigenvalue weighted by atomic mass is 10.2. The number of hydrogen-bond donors (Lipinski definition) is 0. The van der Waals surface area contributed by atoms with Gasteiger partial charge in [0.25, 0.3) is 0 Å². The summed E-state index contributed by atoms with van der Waals surface area (Å²) in [5, 5.41) is 0. The first-order chi connectivity index (χ1) is 9.97. The summed E-state index contributed by atoms with van der Waals surface area (Å²) in [6.45, 7) is 3.84. The monoisotopic (exact) mass is 360 g/mol. The van der Waals surface area contributed by atoms with E-state index in [9.17, 15) is 13.6 Å². The Balaban J connectivity index is 2.33. The van der Waals surface area contributed by atoms with Gasteiger partial charge in [0.15, 0.2) is 17.7 Å². The van der Waals surface area contributed by atoms with Crippen molar-refractivity contribution in [3.63, 3.8) is 0 Å². The number of hydrogen-bond acceptors (Lipinski definition) is 4. The summed E-state index contributed by atoms with van der Waals surface area (Å²) in [6, 6.07) is 1.62. The molecule has 1 aromatic rings. The Morgan fingerprint density at radius 1 is 1.43 bits per heavy atom. The van der Waals surface area contributed by atoms with E-state index in [1.165, 1.54) is 17.0 Å². The number of anilines is 1. The molecule has 1 unspecified atom stereocenters. The molecule has 114 valence electrons. The van der Waals surface area contributed by atoms with Crippen LogP contribution in [-0.4, -0.2) is 31.0 Å². The van der Waals surface area contributed by atoms with Crippen LogP contribution >= 0.6 is 15.9 Å². The van der Waals surface area contributed by atoms with Gasteiger partial charge in [0.2, 0.25) is 0 Å². The van der Waals surface area contributed by atoms with Crippen LogP contribution in [-0.2, 0) is 9.53 Å². The third kappa shape index (κ3) is 3.23. The zero-order valence-corrected chi connectivity index (χ0v) is 13.3. The molecule has 1 heterocycles. The fourth-order valence-corrected chi connectivity index (χ4v) is 2.63. The Morgan fingerprint density at radius 3 is 2.57 bits per heavy atom. The Hall–Kier alpha value is -1.50. The summed E-state index contributed by atoms with van der Waals surface area (Å²) in [7, 11) is 0. The van der Waals surface area contributed by atoms with Crippen LogP contribution in [0.3, 0.4) is 0 Å². The molecule has 0 bridgehead atoms. The average molecular weight is 361 g/mol. The molecule has 0 saturated heterocycles. The minimum absolute atomic E-state index is 0.0808. The molecule has 0 radical (unpaired) electrons. The molecule has 4 nitrogen and oxygen atoms in total. The molecule has 1 aliphatic rings. The van der Waals surface area contributed by atoms with Gasteiger partial charge in [-0.1, -0.05) is 22.9 Å². The molecule has 1 aliphatic heterocycles. The number of aliphatic imine (C=N–C) groups is 1. The Labute approximate surface area is 129 Å². The van der Waals surface area contributed by atoms with E-state index in [1.807, 2.05) is 6.92 Å². The summed E-state index contributed by atoms with van der Waals surface area (Å²) in [4.78, 5) is 17.4. The molecule has 1 atom stereocenters. The molecule has 0 aliphatic carbocycles. The predicted octanol–water partition coefficient (Wildman–Crippen LogP) is 3.29. The van der Waals surface area contributed by atoms with Crippen LogP contribution in [0, 0.1) is 11.6 Å². The van der Waals surface area contributed by atoms with E-state index in [1.54, 1.807) is 6.92 Å². The van der Waals surface area contributed by atoms with Crippen molar-refractivity contribution in [2.45, 2.75) is 26.3 Å². The van der Waals surface area contributed by atoms with Gasteiger partial charge in [0.1, 0.15) is 11.5 Å². The second-order valence-electron chi connectivity index (χ2n) is 4.50. The average Bonchev–Trinajstić information content (AvgIpc) is 2.82. The van der Waals surface area contributed by atoms with Crippen molar-refractivity contribution in [2.75, 3.05) is 18.1 Å². The lowest BCUT2D eigenvalue weighted by molar-refractivity contribution is -0.144. The van der Waals surface area contributed by atoms with E-state index in [0.717, 1.165) is 0 Å². The molecule has 1 aromatic carbocycles. The number of benzene rings is 1. The van der Waals surface area contributed by atoms with E-state index >= 15 is 0 Å². The van der Waals surface area contributed by atoms with E-state index in [4.69, 9.17) is 4.74 Å². The number of esters is 1. The van der Waals surface area contributed by atoms with Gasteiger partial charge in [-0.05, 0) is 19.1 Å². The van der Waals surface area contributed by atoms with Crippen LogP contribution < -0.4 is 4.90 Å². The number of nitrogens with zero attached hydrogens (tertiary/aromatic N) is 2. The molecule has 21 heavy (non-hydrogen) atoms. The first-order valence-corrected chi connectivity index (χ1v) is 7.42. The third-order valence-electron chi connectivity index (χ3n) is 3.10. The van der Waals surface area contributed by atoms with Gasteiger partial charge in [-0.2, -0.15) is 0 Å². The van der Waals surface area contributed by atoms with Crippen LogP contribution in [0.1, 0.15) is 20.3 Å². The summed E-state index contributed by atoms with van der Waals surface area (Å²) >= 11 is 3.04. The first kappa shape index (κ1) is 15.9. The van der Waals surface area contributed by atoms with Crippen molar-refractivity contribution in [3.8, 4) is 0 Å². The van der Waals surface area contributed by atoms with E-state index in [0.29, 0.717) is 16.7 Å². The van der Waals surface area contributed by atoms with Gasteiger partial charge in [0.05, 0.1) is 13.2 Å². The predicted molar refractivity (Wildman–Crippen MR) is 79.6 cm³/mol. The molecule has 0 fully saturated rings. The molecule has 0 saturated carbocycles. The van der Waals surface area contributed by atoms with Crippen molar-refractivity contribution in [1.29, 1.82) is 0 Å². The minimum atomic E-state index is -0.748. The van der Waals surface area contributed by atoms with E-state index in [-0.39, 0.29) is 18.8 Å². The zero-order valence-electron chi connectivity index (χ0n) is 11.7. The second kappa shape index (κ2) is 6.51. The Bertz CT molecular complexity index is 569. The van der Waals surface area contributed by atoms with Crippen LogP contribution in [0.5, 0.6) is 0 Å². The molecule has 2 rings (SSSR count). The van der Waals surface area contributed by atoms with Crippen molar-refractivity contribution in [1.82, 2.24) is 0 Å². The van der Waals surface area contributed by atoms with Crippen LogP contribution in [0.4, 0.5) is 14.5 Å². The second-order valence-corrected chi connectivity index (χ2v) is 5.41. The molecule has 0 N–H and O–H groups in total. The van der Waals surface area contributed by atoms with Gasteiger partial charge in [0, 0.05) is 10.9 Å². The number of halogens is 3. The lowest BCUT2D eigenvalue weighted by Crippen LogP contribution is -2.33. The molecular weight excluding hydrogens is 346 g/mol. The zero-order chi connectivity index (χ0) is 15.6. The molecular formula is C14H15BrF2N2O2. The maximum Gasteiger partial charge on any atom is 0.332 e. The molecule has 7 heteroatoms. The number of carbonyl (C=O) groups excluding carboxylic acids is 1. The number of amidine groups is 1. The topological polar surface area (TPSA) is 41.9 Å². The van der Waals surface area contributed by atoms with E-state index in [2.05, 4.69) is 20.9 Å². The van der Waals surface area contributed by atoms with Crippen molar-refractivity contribution in [2.24, 2.45) is 4.99 Å². The molecule has 0 spiro atoms. The minimum Gasteiger partial charge on any atom is -0.464 e. The fourth-order valence-electron chi connectivity index (χ4n) is 2.23. The lowest BCUT2D eigenvalue weighted by Gasteiger charge is -2.21. The summed E-state index contributed by atoms with van der Waals surface area (Å²) < 4.78 is 33.4. The molecule has 0 amide bonds. The molecule has 0 aromatic heterocycles. The van der Waals surface area contributed by atoms with Crippen molar-refractivity contribution < 1.29 is 18.3 Å². The maximum atomic E-state index is 14.1. The van der Waals surface area contributed by atoms with Crippen LogP contribution in [0.25, 0.3) is 0 Å². The maximum absolute atomic E-state index is 14.1. The highest BCUT2D eigenvalue weighted by molar-refractivity contribution is 9.10. The highest BCUT2D eigenvalue weighted by Gasteiger charge is 2.33. The largest absolute Gasteiger partial charge is 0.464 e. The highest BCUT2D eigenvalue weighted by atomic mass is 79.9. The first-order valence-electron chi connectivity index (χ1n) is 6.63. The standard InChI is InChI=1S/C14H15BrF2N2O2/c1-3-12-18-11(14(20)21-4-2)7-19(12)13-9(16)5-8(15)6-10(13)17/h5-6,11H,3-4,7H2,1-2H3. The normalized spacial score (nSPS) is 17.9. The van der Waals surface area contributed by atoms with E-state index < -0.39 is 23.6 Å².